The Morgan fingerprint density at radius 1 is 1.16 bits per heavy atom. The molecule has 0 saturated heterocycles. The number of hydrogen-bond donors (Lipinski definition) is 2. The van der Waals surface area contributed by atoms with Gasteiger partial charge in [0, 0.05) is 12.6 Å². The largest absolute Gasteiger partial charge is 0.508 e. The summed E-state index contributed by atoms with van der Waals surface area (Å²) in [5.74, 6) is 0.373. The lowest BCUT2D eigenvalue weighted by atomic mass is 10.1. The van der Waals surface area contributed by atoms with E-state index in [1.807, 2.05) is 12.1 Å². The van der Waals surface area contributed by atoms with Gasteiger partial charge in [-0.1, -0.05) is 35.9 Å². The quantitative estimate of drug-likeness (QED) is 0.877. The van der Waals surface area contributed by atoms with Crippen LogP contribution >= 0.6 is 0 Å². The Balaban J connectivity index is 1.68. The molecule has 2 aromatic carbocycles. The molecule has 3 rings (SSSR count). The highest BCUT2D eigenvalue weighted by Crippen LogP contribution is 2.33. The van der Waals surface area contributed by atoms with Crippen LogP contribution in [0.3, 0.4) is 0 Å². The van der Waals surface area contributed by atoms with Gasteiger partial charge in [-0.15, -0.1) is 0 Å². The van der Waals surface area contributed by atoms with E-state index in [1.165, 1.54) is 22.3 Å². The molecule has 2 nitrogen and oxygen atoms in total. The predicted octanol–water partition coefficient (Wildman–Crippen LogP) is 3.48. The molecule has 0 saturated carbocycles. The molecule has 0 amide bonds. The molecule has 98 valence electrons. The predicted molar refractivity (Wildman–Crippen MR) is 77.2 cm³/mol. The van der Waals surface area contributed by atoms with Crippen molar-refractivity contribution in [1.29, 1.82) is 0 Å². The molecular formula is C17H19NO. The molecule has 1 aliphatic carbocycles. The maximum atomic E-state index is 9.50. The van der Waals surface area contributed by atoms with Gasteiger partial charge < -0.3 is 10.4 Å². The van der Waals surface area contributed by atoms with Crippen LogP contribution in [-0.2, 0) is 13.0 Å². The molecule has 1 aliphatic rings. The lowest BCUT2D eigenvalue weighted by Crippen LogP contribution is -2.18. The number of hydrogen-bond acceptors (Lipinski definition) is 2. The first-order chi connectivity index (χ1) is 9.22. The first-order valence-electron chi connectivity index (χ1n) is 6.83. The number of aromatic hydroxyl groups is 1. The van der Waals surface area contributed by atoms with Crippen molar-refractivity contribution >= 4 is 0 Å². The molecule has 0 bridgehead atoms. The fraction of sp³-hybridized carbons (Fsp3) is 0.294. The second-order valence-electron chi connectivity index (χ2n) is 5.34. The highest BCUT2D eigenvalue weighted by molar-refractivity contribution is 5.40. The maximum Gasteiger partial charge on any atom is 0.115 e. The third-order valence-corrected chi connectivity index (χ3v) is 3.88. The second kappa shape index (κ2) is 5.06. The number of phenols is 1. The van der Waals surface area contributed by atoms with Crippen molar-refractivity contribution in [2.24, 2.45) is 0 Å². The van der Waals surface area contributed by atoms with E-state index in [4.69, 9.17) is 0 Å². The van der Waals surface area contributed by atoms with Crippen molar-refractivity contribution < 1.29 is 5.11 Å². The minimum Gasteiger partial charge on any atom is -0.508 e. The first kappa shape index (κ1) is 12.2. The van der Waals surface area contributed by atoms with Crippen molar-refractivity contribution in [3.63, 3.8) is 0 Å². The lowest BCUT2D eigenvalue weighted by Gasteiger charge is -2.14. The molecule has 0 fully saturated rings. The van der Waals surface area contributed by atoms with Crippen LogP contribution in [0.5, 0.6) is 5.75 Å². The van der Waals surface area contributed by atoms with Crippen molar-refractivity contribution in [1.82, 2.24) is 5.32 Å². The fourth-order valence-corrected chi connectivity index (χ4v) is 2.76. The topological polar surface area (TPSA) is 32.3 Å². The number of aryl methyl sites for hydroxylation is 2. The molecule has 1 unspecified atom stereocenters. The van der Waals surface area contributed by atoms with Gasteiger partial charge in [0.15, 0.2) is 0 Å². The van der Waals surface area contributed by atoms with E-state index in [1.54, 1.807) is 6.07 Å². The number of benzene rings is 2. The van der Waals surface area contributed by atoms with E-state index in [0.717, 1.165) is 19.4 Å². The van der Waals surface area contributed by atoms with Crippen LogP contribution < -0.4 is 5.32 Å². The second-order valence-corrected chi connectivity index (χ2v) is 5.34. The Morgan fingerprint density at radius 3 is 2.74 bits per heavy atom. The highest BCUT2D eigenvalue weighted by atomic mass is 16.3. The van der Waals surface area contributed by atoms with Crippen LogP contribution in [0.25, 0.3) is 0 Å². The molecule has 0 radical (unpaired) electrons. The zero-order chi connectivity index (χ0) is 13.2. The summed E-state index contributed by atoms with van der Waals surface area (Å²) in [6.45, 7) is 3.00. The minimum atomic E-state index is 0.373. The molecule has 0 aromatic heterocycles. The van der Waals surface area contributed by atoms with Gasteiger partial charge in [-0.2, -0.15) is 0 Å². The number of rotatable bonds is 3. The zero-order valence-corrected chi connectivity index (χ0v) is 11.2. The average Bonchev–Trinajstić information content (AvgIpc) is 2.80. The summed E-state index contributed by atoms with van der Waals surface area (Å²) in [5.41, 5.74) is 5.23. The van der Waals surface area contributed by atoms with E-state index in [2.05, 4.69) is 36.5 Å². The first-order valence-corrected chi connectivity index (χ1v) is 6.83. The van der Waals surface area contributed by atoms with Crippen LogP contribution in [0.15, 0.2) is 42.5 Å². The molecule has 0 heterocycles. The fourth-order valence-electron chi connectivity index (χ4n) is 2.76. The van der Waals surface area contributed by atoms with Gasteiger partial charge in [-0.05, 0) is 48.6 Å². The average molecular weight is 253 g/mol. The summed E-state index contributed by atoms with van der Waals surface area (Å²) in [6.07, 6.45) is 2.17. The molecule has 0 aliphatic heterocycles. The van der Waals surface area contributed by atoms with Gasteiger partial charge in [0.25, 0.3) is 0 Å². The minimum absolute atomic E-state index is 0.373. The maximum absolute atomic E-state index is 9.50. The van der Waals surface area contributed by atoms with Crippen LogP contribution in [0, 0.1) is 6.92 Å². The lowest BCUT2D eigenvalue weighted by molar-refractivity contribution is 0.474. The van der Waals surface area contributed by atoms with Crippen LogP contribution in [-0.4, -0.2) is 5.11 Å². The van der Waals surface area contributed by atoms with Gasteiger partial charge in [0.2, 0.25) is 0 Å². The Morgan fingerprint density at radius 2 is 1.95 bits per heavy atom. The molecule has 1 atom stereocenters. The molecule has 2 N–H and O–H groups in total. The standard InChI is InChI=1S/C17H19NO/c1-12-2-4-13(5-3-12)11-18-17-9-6-14-10-15(19)7-8-16(14)17/h2-5,7-8,10,17-19H,6,9,11H2,1H3. The van der Waals surface area contributed by atoms with Gasteiger partial charge in [0.1, 0.15) is 5.75 Å². The van der Waals surface area contributed by atoms with E-state index >= 15 is 0 Å². The van der Waals surface area contributed by atoms with Crippen LogP contribution in [0.2, 0.25) is 0 Å². The summed E-state index contributed by atoms with van der Waals surface area (Å²) >= 11 is 0. The highest BCUT2D eigenvalue weighted by Gasteiger charge is 2.21. The van der Waals surface area contributed by atoms with Crippen molar-refractivity contribution in [2.45, 2.75) is 32.4 Å². The van der Waals surface area contributed by atoms with Gasteiger partial charge >= 0.3 is 0 Å². The Labute approximate surface area is 114 Å². The van der Waals surface area contributed by atoms with Crippen LogP contribution in [0.1, 0.15) is 34.7 Å². The normalized spacial score (nSPS) is 17.4. The molecule has 2 aromatic rings. The van der Waals surface area contributed by atoms with E-state index in [-0.39, 0.29) is 0 Å². The third kappa shape index (κ3) is 2.64. The van der Waals surface area contributed by atoms with Gasteiger partial charge in [0.05, 0.1) is 0 Å². The van der Waals surface area contributed by atoms with Crippen molar-refractivity contribution in [2.75, 3.05) is 0 Å². The number of nitrogens with one attached hydrogen (secondary N) is 1. The summed E-state index contributed by atoms with van der Waals surface area (Å²) in [5, 5.41) is 13.1. The summed E-state index contributed by atoms with van der Waals surface area (Å²) in [4.78, 5) is 0. The number of fused-ring (bicyclic) bond motifs is 1. The van der Waals surface area contributed by atoms with E-state index in [9.17, 15) is 5.11 Å². The smallest absolute Gasteiger partial charge is 0.115 e. The molecule has 2 heteroatoms. The zero-order valence-electron chi connectivity index (χ0n) is 11.2. The summed E-state index contributed by atoms with van der Waals surface area (Å²) in [6, 6.07) is 14.8. The van der Waals surface area contributed by atoms with Crippen molar-refractivity contribution in [3.8, 4) is 5.75 Å². The SMILES string of the molecule is Cc1ccc(CNC2CCc3cc(O)ccc32)cc1. The molecule has 19 heavy (non-hydrogen) atoms. The van der Waals surface area contributed by atoms with Gasteiger partial charge in [-0.25, -0.2) is 0 Å². The third-order valence-electron chi connectivity index (χ3n) is 3.88. The van der Waals surface area contributed by atoms with E-state index < -0.39 is 0 Å². The molecular weight excluding hydrogens is 234 g/mol. The van der Waals surface area contributed by atoms with Gasteiger partial charge in [-0.3, -0.25) is 0 Å². The Kier molecular flexibility index (Phi) is 3.26. The van der Waals surface area contributed by atoms with E-state index in [0.29, 0.717) is 11.8 Å². The number of phenolic OH excluding ortho intramolecular Hbond substituents is 1. The Bertz CT molecular complexity index is 574. The van der Waals surface area contributed by atoms with Crippen molar-refractivity contribution in [3.05, 3.63) is 64.7 Å². The van der Waals surface area contributed by atoms with Crippen LogP contribution in [0.4, 0.5) is 0 Å². The monoisotopic (exact) mass is 253 g/mol. The summed E-state index contributed by atoms with van der Waals surface area (Å²) < 4.78 is 0. The Hall–Kier alpha value is -1.80. The summed E-state index contributed by atoms with van der Waals surface area (Å²) in [7, 11) is 0. The molecule has 0 spiro atoms.